The number of hydrogen-bond acceptors (Lipinski definition) is 4. The summed E-state index contributed by atoms with van der Waals surface area (Å²) in [5.41, 5.74) is 7.22. The summed E-state index contributed by atoms with van der Waals surface area (Å²) in [7, 11) is 0. The molecule has 2 aliphatic heterocycles. The Morgan fingerprint density at radius 2 is 0.659 bits per heavy atom. The van der Waals surface area contributed by atoms with Crippen LogP contribution in [0.15, 0.2) is 107 Å². The normalized spacial score (nSPS) is 19.7. The highest BCUT2D eigenvalue weighted by atomic mass is 32.2. The quantitative estimate of drug-likeness (QED) is 0.189. The minimum atomic E-state index is -0.0946. The van der Waals surface area contributed by atoms with E-state index in [4.69, 9.17) is 9.98 Å². The second-order valence-corrected chi connectivity index (χ2v) is 17.4. The Kier molecular flexibility index (Phi) is 6.73. The van der Waals surface area contributed by atoms with E-state index in [-0.39, 0.29) is 20.6 Å². The minimum absolute atomic E-state index is 0.0675. The van der Waals surface area contributed by atoms with Gasteiger partial charge in [-0.2, -0.15) is 0 Å². The maximum Gasteiger partial charge on any atom is 0.0990 e. The number of nitrogens with zero attached hydrogens (tertiary/aromatic N) is 2. The molecular formula is C40H40N2S2. The van der Waals surface area contributed by atoms with Crippen LogP contribution in [0.4, 0.5) is 0 Å². The summed E-state index contributed by atoms with van der Waals surface area (Å²) < 4.78 is 0.135. The largest absolute Gasteiger partial charge is 0.270 e. The van der Waals surface area contributed by atoms with Crippen LogP contribution in [0.3, 0.4) is 0 Å². The number of fused-ring (bicyclic) bond motifs is 2. The molecule has 0 amide bonds. The maximum absolute atomic E-state index is 5.11. The zero-order chi connectivity index (χ0) is 31.1. The van der Waals surface area contributed by atoms with E-state index in [9.17, 15) is 0 Å². The van der Waals surface area contributed by atoms with Gasteiger partial charge in [0.05, 0.1) is 21.2 Å². The van der Waals surface area contributed by atoms with Crippen LogP contribution in [0, 0.1) is 0 Å². The number of hydrogen-bond donors (Lipinski definition) is 0. The lowest BCUT2D eigenvalue weighted by atomic mass is 9.85. The van der Waals surface area contributed by atoms with Crippen molar-refractivity contribution in [3.8, 4) is 22.3 Å². The Labute approximate surface area is 270 Å². The van der Waals surface area contributed by atoms with E-state index in [1.54, 1.807) is 0 Å². The van der Waals surface area contributed by atoms with Gasteiger partial charge in [-0.15, -0.1) is 0 Å². The molecule has 0 spiro atoms. The third kappa shape index (κ3) is 4.64. The topological polar surface area (TPSA) is 24.7 Å². The van der Waals surface area contributed by atoms with Crippen molar-refractivity contribution in [1.82, 2.24) is 0 Å². The van der Waals surface area contributed by atoms with Crippen LogP contribution in [0.5, 0.6) is 0 Å². The van der Waals surface area contributed by atoms with Crippen molar-refractivity contribution in [2.24, 2.45) is 9.98 Å². The molecule has 0 radical (unpaired) electrons. The smallest absolute Gasteiger partial charge is 0.0990 e. The summed E-state index contributed by atoms with van der Waals surface area (Å²) >= 11 is 3.77. The van der Waals surface area contributed by atoms with Gasteiger partial charge in [-0.1, -0.05) is 121 Å². The summed E-state index contributed by atoms with van der Waals surface area (Å²) in [5.74, 6) is 0. The summed E-state index contributed by atoms with van der Waals surface area (Å²) in [4.78, 5) is 10.2. The van der Waals surface area contributed by atoms with Gasteiger partial charge in [0.25, 0.3) is 0 Å². The summed E-state index contributed by atoms with van der Waals surface area (Å²) in [6.07, 6.45) is 0. The molecule has 4 heteroatoms. The molecule has 5 aromatic carbocycles. The first-order valence-electron chi connectivity index (χ1n) is 15.5. The second kappa shape index (κ2) is 10.1. The van der Waals surface area contributed by atoms with E-state index in [0.717, 1.165) is 10.1 Å². The van der Waals surface area contributed by atoms with Crippen molar-refractivity contribution in [1.29, 1.82) is 0 Å². The van der Waals surface area contributed by atoms with Crippen molar-refractivity contribution in [3.05, 3.63) is 108 Å². The van der Waals surface area contributed by atoms with E-state index < -0.39 is 0 Å². The molecule has 5 aromatic rings. The van der Waals surface area contributed by atoms with Crippen molar-refractivity contribution < 1.29 is 0 Å². The van der Waals surface area contributed by atoms with Gasteiger partial charge in [-0.25, -0.2) is 0 Å². The van der Waals surface area contributed by atoms with Crippen LogP contribution >= 0.6 is 23.5 Å². The highest BCUT2D eigenvalue weighted by molar-refractivity contribution is 8.16. The Bertz CT molecular complexity index is 1790. The first kappa shape index (κ1) is 29.4. The molecule has 0 bridgehead atoms. The van der Waals surface area contributed by atoms with Crippen molar-refractivity contribution in [2.75, 3.05) is 0 Å². The van der Waals surface area contributed by atoms with Gasteiger partial charge in [-0.05, 0) is 99.2 Å². The molecule has 7 rings (SSSR count). The average Bonchev–Trinajstić information content (AvgIpc) is 3.35. The standard InChI is InChI=1S/C40H40N2S2/c1-37(2)39(5,6)43-35(41-37)27-21-17-25(18-22-27)33-29-13-9-11-15-31(29)34(32-16-12-10-14-30(32)33)26-19-23-28(24-20-26)36-42-38(3,4)40(7,8)44-36/h9-24H,1-8H3. The zero-order valence-corrected chi connectivity index (χ0v) is 28.6. The van der Waals surface area contributed by atoms with Crippen molar-refractivity contribution in [2.45, 2.75) is 76.0 Å². The van der Waals surface area contributed by atoms with Crippen molar-refractivity contribution >= 4 is 55.2 Å². The molecule has 2 aliphatic rings. The van der Waals surface area contributed by atoms with E-state index in [1.165, 1.54) is 54.9 Å². The average molecular weight is 613 g/mol. The Hall–Kier alpha value is -3.34. The van der Waals surface area contributed by atoms with Crippen molar-refractivity contribution in [3.63, 3.8) is 0 Å². The molecule has 0 saturated carbocycles. The van der Waals surface area contributed by atoms with E-state index in [2.05, 4.69) is 152 Å². The SMILES string of the molecule is CC1(C)N=C(c2ccc(-c3c4ccccc4c(-c4ccc(C5=NC(C)(C)C(C)(C)S5)cc4)c4ccccc34)cc2)SC1(C)C. The summed E-state index contributed by atoms with van der Waals surface area (Å²) in [6, 6.07) is 35.9. The van der Waals surface area contributed by atoms with Gasteiger partial charge >= 0.3 is 0 Å². The predicted molar refractivity (Wildman–Crippen MR) is 197 cm³/mol. The van der Waals surface area contributed by atoms with Crippen LogP contribution in [-0.2, 0) is 0 Å². The Balaban J connectivity index is 1.34. The Morgan fingerprint density at radius 1 is 0.386 bits per heavy atom. The zero-order valence-electron chi connectivity index (χ0n) is 26.9. The number of thioether (sulfide) groups is 2. The minimum Gasteiger partial charge on any atom is -0.270 e. The molecule has 0 atom stereocenters. The first-order valence-corrected chi connectivity index (χ1v) is 17.1. The van der Waals surface area contributed by atoms with E-state index >= 15 is 0 Å². The molecule has 0 fully saturated rings. The lowest BCUT2D eigenvalue weighted by Gasteiger charge is -2.30. The molecule has 2 nitrogen and oxygen atoms in total. The van der Waals surface area contributed by atoms with E-state index in [0.29, 0.717) is 0 Å². The van der Waals surface area contributed by atoms with Crippen LogP contribution in [0.1, 0.15) is 66.5 Å². The molecule has 0 saturated heterocycles. The van der Waals surface area contributed by atoms with Gasteiger partial charge in [0.15, 0.2) is 0 Å². The Morgan fingerprint density at radius 3 is 0.909 bits per heavy atom. The van der Waals surface area contributed by atoms with Crippen LogP contribution in [-0.4, -0.2) is 30.7 Å². The van der Waals surface area contributed by atoms with Crippen LogP contribution in [0.2, 0.25) is 0 Å². The lowest BCUT2D eigenvalue weighted by Crippen LogP contribution is -2.36. The molecule has 0 N–H and O–H groups in total. The van der Waals surface area contributed by atoms with Crippen LogP contribution in [0.25, 0.3) is 43.8 Å². The van der Waals surface area contributed by atoms with Gasteiger partial charge in [0.1, 0.15) is 0 Å². The first-order chi connectivity index (χ1) is 20.8. The highest BCUT2D eigenvalue weighted by Gasteiger charge is 2.45. The highest BCUT2D eigenvalue weighted by Crippen LogP contribution is 2.49. The second-order valence-electron chi connectivity index (χ2n) is 14.2. The third-order valence-electron chi connectivity index (χ3n) is 10.2. The molecule has 0 unspecified atom stereocenters. The maximum atomic E-state index is 5.11. The van der Waals surface area contributed by atoms with E-state index in [1.807, 2.05) is 23.5 Å². The van der Waals surface area contributed by atoms with Crippen LogP contribution < -0.4 is 0 Å². The fraction of sp³-hybridized carbons (Fsp3) is 0.300. The molecule has 2 heterocycles. The van der Waals surface area contributed by atoms with Gasteiger partial charge in [0.2, 0.25) is 0 Å². The molecule has 44 heavy (non-hydrogen) atoms. The molecular weight excluding hydrogens is 573 g/mol. The lowest BCUT2D eigenvalue weighted by molar-refractivity contribution is 0.426. The molecule has 222 valence electrons. The predicted octanol–water partition coefficient (Wildman–Crippen LogP) is 11.4. The summed E-state index contributed by atoms with van der Waals surface area (Å²) in [6.45, 7) is 18.1. The number of benzene rings is 5. The van der Waals surface area contributed by atoms with Gasteiger partial charge < -0.3 is 0 Å². The molecule has 0 aromatic heterocycles. The fourth-order valence-corrected chi connectivity index (χ4v) is 8.73. The number of rotatable bonds is 4. The molecule has 0 aliphatic carbocycles. The summed E-state index contributed by atoms with van der Waals surface area (Å²) in [5, 5.41) is 7.35. The number of aliphatic imine (C=N–C) groups is 2. The monoisotopic (exact) mass is 612 g/mol. The fourth-order valence-electron chi connectivity index (χ4n) is 6.11. The van der Waals surface area contributed by atoms with Gasteiger partial charge in [0, 0.05) is 20.6 Å². The van der Waals surface area contributed by atoms with Gasteiger partial charge in [-0.3, -0.25) is 9.98 Å². The third-order valence-corrected chi connectivity index (χ3v) is 13.2.